The fourth-order valence-corrected chi connectivity index (χ4v) is 4.58. The monoisotopic (exact) mass is 595 g/mol. The number of nitrogens with zero attached hydrogens (tertiary/aromatic N) is 1. The highest BCUT2D eigenvalue weighted by molar-refractivity contribution is 6.06. The molecule has 43 heavy (non-hydrogen) atoms. The van der Waals surface area contributed by atoms with Crippen LogP contribution in [0.3, 0.4) is 0 Å². The van der Waals surface area contributed by atoms with Crippen LogP contribution in [0.2, 0.25) is 0 Å². The zero-order valence-electron chi connectivity index (χ0n) is 27.6. The first-order valence-electron chi connectivity index (χ1n) is 14.9. The van der Waals surface area contributed by atoms with Crippen molar-refractivity contribution in [3.05, 3.63) is 64.5 Å². The summed E-state index contributed by atoms with van der Waals surface area (Å²) in [4.78, 5) is 26.5. The van der Waals surface area contributed by atoms with E-state index in [1.54, 1.807) is 19.2 Å². The average Bonchev–Trinajstić information content (AvgIpc) is 2.94. The summed E-state index contributed by atoms with van der Waals surface area (Å²) in [5, 5.41) is 9.17. The summed E-state index contributed by atoms with van der Waals surface area (Å²) in [6, 6.07) is 9.53. The van der Waals surface area contributed by atoms with Gasteiger partial charge in [-0.15, -0.1) is 0 Å². The van der Waals surface area contributed by atoms with Crippen molar-refractivity contribution in [2.75, 3.05) is 64.2 Å². The van der Waals surface area contributed by atoms with Gasteiger partial charge in [0.1, 0.15) is 5.75 Å². The first kappa shape index (κ1) is 35.8. The molecule has 2 aromatic rings. The number of hydrogen-bond acceptors (Lipinski definition) is 8. The molecule has 0 spiro atoms. The van der Waals surface area contributed by atoms with Crippen LogP contribution in [0.15, 0.2) is 42.2 Å². The van der Waals surface area contributed by atoms with Crippen molar-refractivity contribution in [1.29, 1.82) is 0 Å². The van der Waals surface area contributed by atoms with Gasteiger partial charge in [0.15, 0.2) is 6.29 Å². The number of benzene rings is 2. The minimum Gasteiger partial charge on any atom is -0.494 e. The molecule has 1 fully saturated rings. The number of nitrogens with two attached hydrogens (primary N) is 1. The smallest absolute Gasteiger partial charge is 0.255 e. The molecule has 1 saturated heterocycles. The zero-order valence-corrected chi connectivity index (χ0v) is 27.6. The third-order valence-corrected chi connectivity index (χ3v) is 7.02. The molecule has 0 aliphatic carbocycles. The van der Waals surface area contributed by atoms with Gasteiger partial charge in [-0.1, -0.05) is 53.7 Å². The topological polar surface area (TPSA) is 118 Å². The van der Waals surface area contributed by atoms with Crippen molar-refractivity contribution >= 4 is 23.6 Å². The van der Waals surface area contributed by atoms with Crippen LogP contribution in [0.1, 0.15) is 68.6 Å². The molecule has 0 unspecified atom stereocenters. The van der Waals surface area contributed by atoms with Crippen molar-refractivity contribution in [2.24, 2.45) is 11.1 Å². The van der Waals surface area contributed by atoms with E-state index in [9.17, 15) is 9.59 Å². The average molecular weight is 596 g/mol. The highest BCUT2D eigenvalue weighted by Gasteiger charge is 2.22. The normalized spacial score (nSPS) is 14.4. The summed E-state index contributed by atoms with van der Waals surface area (Å²) in [6.07, 6.45) is 2.77. The molecule has 5 N–H and O–H groups in total. The Bertz CT molecular complexity index is 1240. The van der Waals surface area contributed by atoms with Crippen molar-refractivity contribution < 1.29 is 19.1 Å². The van der Waals surface area contributed by atoms with Crippen LogP contribution in [0.25, 0.3) is 0 Å². The Labute approximate surface area is 258 Å². The maximum atomic E-state index is 13.3. The second-order valence-corrected chi connectivity index (χ2v) is 13.2. The van der Waals surface area contributed by atoms with E-state index >= 15 is 0 Å². The first-order valence-corrected chi connectivity index (χ1v) is 14.9. The Balaban J connectivity index is 0.000000821. The number of allylic oxidation sites excluding steroid dienone is 1. The summed E-state index contributed by atoms with van der Waals surface area (Å²) < 4.78 is 11.3. The maximum absolute atomic E-state index is 13.3. The molecule has 238 valence electrons. The largest absolute Gasteiger partial charge is 0.494 e. The molecule has 1 aliphatic heterocycles. The summed E-state index contributed by atoms with van der Waals surface area (Å²) in [6.45, 7) is 20.3. The second-order valence-electron chi connectivity index (χ2n) is 13.2. The van der Waals surface area contributed by atoms with Crippen molar-refractivity contribution in [1.82, 2.24) is 10.2 Å². The molecule has 0 atom stereocenters. The maximum Gasteiger partial charge on any atom is 0.255 e. The number of aryl methyl sites for hydroxylation is 1. The highest BCUT2D eigenvalue weighted by atomic mass is 16.5. The van der Waals surface area contributed by atoms with Crippen LogP contribution < -0.4 is 26.4 Å². The Hall–Kier alpha value is -3.40. The van der Waals surface area contributed by atoms with Gasteiger partial charge >= 0.3 is 0 Å². The predicted octanol–water partition coefficient (Wildman–Crippen LogP) is 5.09. The van der Waals surface area contributed by atoms with Gasteiger partial charge in [0.2, 0.25) is 0 Å². The Kier molecular flexibility index (Phi) is 13.7. The molecule has 1 heterocycles. The fourth-order valence-electron chi connectivity index (χ4n) is 4.58. The number of ether oxygens (including phenoxy) is 2. The van der Waals surface area contributed by atoms with E-state index in [1.807, 2.05) is 26.1 Å². The minimum atomic E-state index is -0.256. The van der Waals surface area contributed by atoms with Crippen molar-refractivity contribution in [3.63, 3.8) is 0 Å². The number of hydrogen-bond donors (Lipinski definition) is 4. The molecule has 9 heteroatoms. The lowest BCUT2D eigenvalue weighted by Gasteiger charge is -2.28. The molecule has 2 aromatic carbocycles. The standard InChI is InChI=1S/C28H38N4O4.C6H15N/c1-19-6-7-21(15-24(19)30-17-23(29)18-33)27(34)31-25-16-22(28(2,3)4)14-20(26(25)35-5)8-9-32-10-12-36-13-11-32;1-6(2,3)5-7-4/h6-7,14-18,30H,8-13,29H2,1-5H3,(H,31,34);7H,5H2,1-4H3/b23-17-;. The van der Waals surface area contributed by atoms with Crippen molar-refractivity contribution in [2.45, 2.75) is 60.3 Å². The van der Waals surface area contributed by atoms with Crippen LogP contribution >= 0.6 is 0 Å². The SMILES string of the molecule is CNCC(C)(C)C.COc1c(CCN2CCOCC2)cc(C(C)(C)C)cc1NC(=O)c1ccc(C)c(N/C=C(\N)C=O)c1. The minimum absolute atomic E-state index is 0.0672. The molecule has 0 aromatic heterocycles. The molecule has 1 aliphatic rings. The molecule has 0 bridgehead atoms. The summed E-state index contributed by atoms with van der Waals surface area (Å²) in [7, 11) is 3.61. The lowest BCUT2D eigenvalue weighted by atomic mass is 9.85. The number of carbonyl (C=O) groups excluding carboxylic acids is 2. The number of amides is 1. The fraction of sp³-hybridized carbons (Fsp3) is 0.529. The molecule has 0 radical (unpaired) electrons. The summed E-state index contributed by atoms with van der Waals surface area (Å²) >= 11 is 0. The van der Waals surface area contributed by atoms with Gasteiger partial charge in [0.05, 0.1) is 31.7 Å². The number of rotatable bonds is 10. The van der Waals surface area contributed by atoms with Gasteiger partial charge in [-0.2, -0.15) is 0 Å². The number of nitrogens with one attached hydrogen (secondary N) is 3. The zero-order chi connectivity index (χ0) is 32.2. The van der Waals surface area contributed by atoms with Gasteiger partial charge in [0.25, 0.3) is 5.91 Å². The lowest BCUT2D eigenvalue weighted by molar-refractivity contribution is -0.105. The van der Waals surface area contributed by atoms with E-state index < -0.39 is 0 Å². The highest BCUT2D eigenvalue weighted by Crippen LogP contribution is 2.36. The molecule has 3 rings (SSSR count). The summed E-state index contributed by atoms with van der Waals surface area (Å²) in [5.41, 5.74) is 10.9. The first-order chi connectivity index (χ1) is 20.2. The molecule has 0 saturated carbocycles. The molecular formula is C34H53N5O4. The van der Waals surface area contributed by atoms with E-state index in [0.29, 0.717) is 34.4 Å². The second kappa shape index (κ2) is 16.4. The van der Waals surface area contributed by atoms with Gasteiger partial charge in [-0.05, 0) is 72.7 Å². The van der Waals surface area contributed by atoms with Crippen molar-refractivity contribution in [3.8, 4) is 5.75 Å². The third-order valence-electron chi connectivity index (χ3n) is 7.02. The Morgan fingerprint density at radius 1 is 1.07 bits per heavy atom. The number of aldehydes is 1. The molecule has 9 nitrogen and oxygen atoms in total. The van der Waals surface area contributed by atoms with E-state index in [4.69, 9.17) is 15.2 Å². The number of anilines is 2. The third kappa shape index (κ3) is 12.0. The van der Waals surface area contributed by atoms with Crippen LogP contribution in [0.4, 0.5) is 11.4 Å². The van der Waals surface area contributed by atoms with Crippen LogP contribution in [0, 0.1) is 12.3 Å². The van der Waals surface area contributed by atoms with Gasteiger partial charge in [-0.3, -0.25) is 14.5 Å². The van der Waals surface area contributed by atoms with Gasteiger partial charge < -0.3 is 31.2 Å². The Morgan fingerprint density at radius 3 is 2.28 bits per heavy atom. The van der Waals surface area contributed by atoms with E-state index in [0.717, 1.165) is 62.5 Å². The number of methoxy groups -OCH3 is 1. The molecule has 1 amide bonds. The van der Waals surface area contributed by atoms with E-state index in [1.165, 1.54) is 6.20 Å². The van der Waals surface area contributed by atoms with Crippen LogP contribution in [-0.4, -0.2) is 70.6 Å². The number of morpholine rings is 1. The predicted molar refractivity (Wildman–Crippen MR) is 177 cm³/mol. The lowest BCUT2D eigenvalue weighted by Crippen LogP contribution is -2.37. The van der Waals surface area contributed by atoms with Gasteiger partial charge in [-0.25, -0.2) is 0 Å². The van der Waals surface area contributed by atoms with E-state index in [-0.39, 0.29) is 17.0 Å². The van der Waals surface area contributed by atoms with Crippen LogP contribution in [-0.2, 0) is 21.4 Å². The Morgan fingerprint density at radius 2 is 1.74 bits per heavy atom. The molecular weight excluding hydrogens is 542 g/mol. The quantitative estimate of drug-likeness (QED) is 0.222. The van der Waals surface area contributed by atoms with Gasteiger partial charge in [0, 0.05) is 37.1 Å². The number of carbonyl (C=O) groups is 2. The summed E-state index contributed by atoms with van der Waals surface area (Å²) in [5.74, 6) is 0.422. The van der Waals surface area contributed by atoms with E-state index in [2.05, 4.69) is 68.5 Å². The van der Waals surface area contributed by atoms with Crippen LogP contribution in [0.5, 0.6) is 5.75 Å².